The number of rotatable bonds is 1. The van der Waals surface area contributed by atoms with E-state index in [0.717, 1.165) is 16.5 Å². The van der Waals surface area contributed by atoms with Crippen molar-refractivity contribution in [3.8, 4) is 16.9 Å². The molecule has 0 saturated carbocycles. The lowest BCUT2D eigenvalue weighted by Gasteiger charge is -2.09. The largest absolute Gasteiger partial charge is 0.508 e. The Hall–Kier alpha value is -2.35. The minimum atomic E-state index is 0.247. The number of hydrogen-bond donors (Lipinski definition) is 1. The van der Waals surface area contributed by atoms with Gasteiger partial charge in [0, 0.05) is 17.6 Å². The third kappa shape index (κ3) is 1.72. The fourth-order valence-electron chi connectivity index (χ4n) is 2.25. The average Bonchev–Trinajstić information content (AvgIpc) is 2.38. The van der Waals surface area contributed by atoms with Crippen LogP contribution in [-0.4, -0.2) is 10.1 Å². The molecule has 0 spiro atoms. The summed E-state index contributed by atoms with van der Waals surface area (Å²) < 4.78 is 0. The molecule has 0 fully saturated rings. The Balaban J connectivity index is 2.33. The Morgan fingerprint density at radius 2 is 1.78 bits per heavy atom. The van der Waals surface area contributed by atoms with E-state index in [2.05, 4.69) is 24.0 Å². The number of phenolic OH excluding ortho intramolecular Hbond substituents is 1. The maximum atomic E-state index is 9.51. The molecule has 2 heteroatoms. The van der Waals surface area contributed by atoms with Crippen LogP contribution in [-0.2, 0) is 0 Å². The number of aromatic hydroxyl groups is 1. The zero-order chi connectivity index (χ0) is 12.5. The van der Waals surface area contributed by atoms with Crippen molar-refractivity contribution in [2.45, 2.75) is 6.92 Å². The van der Waals surface area contributed by atoms with Crippen LogP contribution < -0.4 is 0 Å². The summed E-state index contributed by atoms with van der Waals surface area (Å²) >= 11 is 0. The highest BCUT2D eigenvalue weighted by Crippen LogP contribution is 2.30. The molecular formula is C16H13NO. The molecule has 0 atom stereocenters. The zero-order valence-corrected chi connectivity index (χ0v) is 10.1. The molecule has 0 aliphatic heterocycles. The van der Waals surface area contributed by atoms with E-state index in [-0.39, 0.29) is 5.75 Å². The van der Waals surface area contributed by atoms with Crippen molar-refractivity contribution >= 4 is 10.9 Å². The van der Waals surface area contributed by atoms with E-state index in [1.807, 2.05) is 24.3 Å². The third-order valence-corrected chi connectivity index (χ3v) is 3.16. The fourth-order valence-corrected chi connectivity index (χ4v) is 2.25. The molecule has 0 aliphatic rings. The number of pyridine rings is 1. The quantitative estimate of drug-likeness (QED) is 0.693. The number of fused-ring (bicyclic) bond motifs is 1. The summed E-state index contributed by atoms with van der Waals surface area (Å²) in [5, 5.41) is 10.6. The van der Waals surface area contributed by atoms with E-state index in [9.17, 15) is 5.11 Å². The predicted molar refractivity (Wildman–Crippen MR) is 73.6 cm³/mol. The molecule has 0 radical (unpaired) electrons. The fraction of sp³-hybridized carbons (Fsp3) is 0.0625. The monoisotopic (exact) mass is 235 g/mol. The number of aromatic nitrogens is 1. The topological polar surface area (TPSA) is 33.1 Å². The predicted octanol–water partition coefficient (Wildman–Crippen LogP) is 3.92. The van der Waals surface area contributed by atoms with Crippen molar-refractivity contribution < 1.29 is 5.11 Å². The van der Waals surface area contributed by atoms with Crippen LogP contribution in [0.15, 0.2) is 54.7 Å². The summed E-state index contributed by atoms with van der Waals surface area (Å²) in [6, 6.07) is 15.6. The van der Waals surface area contributed by atoms with Crippen molar-refractivity contribution in [3.05, 3.63) is 60.3 Å². The molecule has 3 aromatic rings. The van der Waals surface area contributed by atoms with Gasteiger partial charge in [0.2, 0.25) is 0 Å². The van der Waals surface area contributed by atoms with E-state index in [1.54, 1.807) is 18.3 Å². The van der Waals surface area contributed by atoms with Crippen LogP contribution in [0.1, 0.15) is 5.56 Å². The highest BCUT2D eigenvalue weighted by atomic mass is 16.3. The van der Waals surface area contributed by atoms with Gasteiger partial charge >= 0.3 is 0 Å². The molecule has 1 N–H and O–H groups in total. The van der Waals surface area contributed by atoms with Gasteiger partial charge in [0.1, 0.15) is 5.75 Å². The first-order valence-corrected chi connectivity index (χ1v) is 5.89. The Bertz CT molecular complexity index is 719. The molecule has 3 rings (SSSR count). The molecule has 0 bridgehead atoms. The lowest BCUT2D eigenvalue weighted by atomic mass is 9.97. The van der Waals surface area contributed by atoms with Crippen LogP contribution in [0, 0.1) is 6.92 Å². The Labute approximate surface area is 106 Å². The second kappa shape index (κ2) is 4.15. The SMILES string of the molecule is Cc1ccccc1-c1ccnc2cc(O)ccc12. The highest BCUT2D eigenvalue weighted by Gasteiger charge is 2.06. The minimum absolute atomic E-state index is 0.247. The summed E-state index contributed by atoms with van der Waals surface area (Å²) in [7, 11) is 0. The maximum absolute atomic E-state index is 9.51. The molecule has 2 aromatic carbocycles. The Morgan fingerprint density at radius 1 is 0.944 bits per heavy atom. The van der Waals surface area contributed by atoms with Crippen molar-refractivity contribution in [1.29, 1.82) is 0 Å². The van der Waals surface area contributed by atoms with Gasteiger partial charge < -0.3 is 5.11 Å². The summed E-state index contributed by atoms with van der Waals surface area (Å²) in [5.74, 6) is 0.247. The average molecular weight is 235 g/mol. The second-order valence-electron chi connectivity index (χ2n) is 4.37. The molecule has 0 saturated heterocycles. The molecule has 18 heavy (non-hydrogen) atoms. The van der Waals surface area contributed by atoms with Crippen LogP contribution >= 0.6 is 0 Å². The van der Waals surface area contributed by atoms with Crippen LogP contribution in [0.25, 0.3) is 22.0 Å². The molecule has 1 heterocycles. The maximum Gasteiger partial charge on any atom is 0.117 e. The van der Waals surface area contributed by atoms with Gasteiger partial charge in [-0.3, -0.25) is 4.98 Å². The normalized spacial score (nSPS) is 10.7. The van der Waals surface area contributed by atoms with Gasteiger partial charge in [-0.25, -0.2) is 0 Å². The van der Waals surface area contributed by atoms with E-state index >= 15 is 0 Å². The van der Waals surface area contributed by atoms with E-state index < -0.39 is 0 Å². The minimum Gasteiger partial charge on any atom is -0.508 e. The van der Waals surface area contributed by atoms with Crippen molar-refractivity contribution in [3.63, 3.8) is 0 Å². The van der Waals surface area contributed by atoms with Crippen LogP contribution in [0.3, 0.4) is 0 Å². The molecule has 1 aromatic heterocycles. The molecular weight excluding hydrogens is 222 g/mol. The van der Waals surface area contributed by atoms with Crippen molar-refractivity contribution in [2.75, 3.05) is 0 Å². The van der Waals surface area contributed by atoms with E-state index in [0.29, 0.717) is 0 Å². The Morgan fingerprint density at radius 3 is 2.61 bits per heavy atom. The van der Waals surface area contributed by atoms with Gasteiger partial charge in [0.25, 0.3) is 0 Å². The lowest BCUT2D eigenvalue weighted by molar-refractivity contribution is 0.476. The van der Waals surface area contributed by atoms with Crippen LogP contribution in [0.2, 0.25) is 0 Å². The molecule has 2 nitrogen and oxygen atoms in total. The van der Waals surface area contributed by atoms with Crippen molar-refractivity contribution in [1.82, 2.24) is 4.98 Å². The summed E-state index contributed by atoms with van der Waals surface area (Å²) in [5.41, 5.74) is 4.41. The van der Waals surface area contributed by atoms with Crippen molar-refractivity contribution in [2.24, 2.45) is 0 Å². The Kier molecular flexibility index (Phi) is 2.49. The van der Waals surface area contributed by atoms with E-state index in [4.69, 9.17) is 0 Å². The number of hydrogen-bond acceptors (Lipinski definition) is 2. The smallest absolute Gasteiger partial charge is 0.117 e. The first kappa shape index (κ1) is 10.8. The van der Waals surface area contributed by atoms with Gasteiger partial charge in [-0.15, -0.1) is 0 Å². The zero-order valence-electron chi connectivity index (χ0n) is 10.1. The summed E-state index contributed by atoms with van der Waals surface area (Å²) in [4.78, 5) is 4.30. The van der Waals surface area contributed by atoms with Gasteiger partial charge in [-0.2, -0.15) is 0 Å². The first-order chi connectivity index (χ1) is 8.75. The van der Waals surface area contributed by atoms with E-state index in [1.165, 1.54) is 11.1 Å². The molecule has 0 unspecified atom stereocenters. The first-order valence-electron chi connectivity index (χ1n) is 5.89. The number of phenols is 1. The van der Waals surface area contributed by atoms with Gasteiger partial charge in [-0.05, 0) is 41.8 Å². The van der Waals surface area contributed by atoms with Gasteiger partial charge in [0.05, 0.1) is 5.52 Å². The molecule has 0 aliphatic carbocycles. The molecule has 0 amide bonds. The number of aryl methyl sites for hydroxylation is 1. The summed E-state index contributed by atoms with van der Waals surface area (Å²) in [6.07, 6.45) is 1.78. The second-order valence-corrected chi connectivity index (χ2v) is 4.37. The van der Waals surface area contributed by atoms with Gasteiger partial charge in [0.15, 0.2) is 0 Å². The number of nitrogens with zero attached hydrogens (tertiary/aromatic N) is 1. The number of benzene rings is 2. The standard InChI is InChI=1S/C16H13NO/c1-11-4-2-3-5-13(11)14-8-9-17-16-10-12(18)6-7-15(14)16/h2-10,18H,1H3. The van der Waals surface area contributed by atoms with Crippen LogP contribution in [0.4, 0.5) is 0 Å². The van der Waals surface area contributed by atoms with Gasteiger partial charge in [-0.1, -0.05) is 24.3 Å². The highest BCUT2D eigenvalue weighted by molar-refractivity contribution is 5.95. The summed E-state index contributed by atoms with van der Waals surface area (Å²) in [6.45, 7) is 2.10. The lowest BCUT2D eigenvalue weighted by Crippen LogP contribution is -1.86. The molecule has 88 valence electrons. The third-order valence-electron chi connectivity index (χ3n) is 3.16. The van der Waals surface area contributed by atoms with Crippen LogP contribution in [0.5, 0.6) is 5.75 Å².